The number of hydrogen-bond acceptors (Lipinski definition) is 4. The number of methoxy groups -OCH3 is 1. The predicted octanol–water partition coefficient (Wildman–Crippen LogP) is 1.32. The number of hydrogen-bond donors (Lipinski definition) is 0. The summed E-state index contributed by atoms with van der Waals surface area (Å²) in [6, 6.07) is 0. The minimum absolute atomic E-state index is 0.0696. The lowest BCUT2D eigenvalue weighted by Gasteiger charge is -2.21. The molecule has 4 nitrogen and oxygen atoms in total. The van der Waals surface area contributed by atoms with Crippen LogP contribution < -0.4 is 0 Å². The number of ketones is 1. The van der Waals surface area contributed by atoms with Crippen LogP contribution in [0.2, 0.25) is 0 Å². The fourth-order valence-electron chi connectivity index (χ4n) is 1.04. The maximum absolute atomic E-state index is 11.2. The summed E-state index contributed by atoms with van der Waals surface area (Å²) in [6.45, 7) is 4.88. The van der Waals surface area contributed by atoms with Gasteiger partial charge in [-0.05, 0) is 6.92 Å². The first-order chi connectivity index (χ1) is 6.51. The molecule has 0 aromatic heterocycles. The lowest BCUT2D eigenvalue weighted by molar-refractivity contribution is -0.154. The molecule has 0 fully saturated rings. The Morgan fingerprint density at radius 1 is 1.36 bits per heavy atom. The number of Topliss-reactive ketones (excluding diaryl/α,β-unsaturated/α-hetero) is 1. The van der Waals surface area contributed by atoms with Crippen molar-refractivity contribution in [2.45, 2.75) is 45.8 Å². The molecule has 14 heavy (non-hydrogen) atoms. The third kappa shape index (κ3) is 4.97. The van der Waals surface area contributed by atoms with Crippen LogP contribution in [-0.2, 0) is 19.1 Å². The Balaban J connectivity index is 4.23. The van der Waals surface area contributed by atoms with Crippen LogP contribution in [0.15, 0.2) is 0 Å². The summed E-state index contributed by atoms with van der Waals surface area (Å²) >= 11 is 0. The van der Waals surface area contributed by atoms with Crippen LogP contribution >= 0.6 is 0 Å². The van der Waals surface area contributed by atoms with Crippen LogP contribution in [0.3, 0.4) is 0 Å². The largest absolute Gasteiger partial charge is 0.459 e. The second kappa shape index (κ2) is 6.54. The highest BCUT2D eigenvalue weighted by Crippen LogP contribution is 2.09. The molecular weight excluding hydrogens is 184 g/mol. The standard InChI is InChI=1S/C10H18O4/c1-5-9(12)6-10(7(2)13-4)14-8(3)11/h7,10H,5-6H2,1-4H3. The number of carbonyl (C=O) groups excluding carboxylic acids is 2. The smallest absolute Gasteiger partial charge is 0.303 e. The van der Waals surface area contributed by atoms with Crippen LogP contribution in [0.4, 0.5) is 0 Å². The topological polar surface area (TPSA) is 52.6 Å². The van der Waals surface area contributed by atoms with Crippen molar-refractivity contribution in [3.63, 3.8) is 0 Å². The van der Waals surface area contributed by atoms with Gasteiger partial charge in [0.05, 0.1) is 6.10 Å². The SMILES string of the molecule is CCC(=O)CC(OC(C)=O)C(C)OC. The summed E-state index contributed by atoms with van der Waals surface area (Å²) in [4.78, 5) is 21.9. The third-order valence-corrected chi connectivity index (χ3v) is 2.04. The van der Waals surface area contributed by atoms with Crippen molar-refractivity contribution in [3.8, 4) is 0 Å². The summed E-state index contributed by atoms with van der Waals surface area (Å²) in [6.07, 6.45) is -0.0430. The van der Waals surface area contributed by atoms with E-state index in [4.69, 9.17) is 9.47 Å². The summed E-state index contributed by atoms with van der Waals surface area (Å²) in [5, 5.41) is 0. The Kier molecular flexibility index (Phi) is 6.12. The van der Waals surface area contributed by atoms with Gasteiger partial charge in [0.15, 0.2) is 0 Å². The molecule has 2 unspecified atom stereocenters. The molecule has 0 heterocycles. The van der Waals surface area contributed by atoms with Crippen molar-refractivity contribution in [2.75, 3.05) is 7.11 Å². The van der Waals surface area contributed by atoms with Gasteiger partial charge < -0.3 is 9.47 Å². The third-order valence-electron chi connectivity index (χ3n) is 2.04. The van der Waals surface area contributed by atoms with Gasteiger partial charge in [0, 0.05) is 26.9 Å². The Morgan fingerprint density at radius 3 is 2.29 bits per heavy atom. The molecule has 0 saturated carbocycles. The molecule has 0 aliphatic heterocycles. The minimum atomic E-state index is -0.468. The van der Waals surface area contributed by atoms with Crippen LogP contribution in [0.1, 0.15) is 33.6 Å². The normalized spacial score (nSPS) is 14.6. The number of carbonyl (C=O) groups is 2. The van der Waals surface area contributed by atoms with Crippen molar-refractivity contribution in [2.24, 2.45) is 0 Å². The lowest BCUT2D eigenvalue weighted by atomic mass is 10.1. The second-order valence-electron chi connectivity index (χ2n) is 3.19. The number of esters is 1. The average molecular weight is 202 g/mol. The molecule has 0 saturated heterocycles. The molecular formula is C10H18O4. The zero-order valence-electron chi connectivity index (χ0n) is 9.20. The molecule has 0 N–H and O–H groups in total. The molecule has 0 aromatic carbocycles. The maximum Gasteiger partial charge on any atom is 0.303 e. The van der Waals surface area contributed by atoms with E-state index < -0.39 is 6.10 Å². The quantitative estimate of drug-likeness (QED) is 0.609. The van der Waals surface area contributed by atoms with Crippen molar-refractivity contribution in [1.82, 2.24) is 0 Å². The zero-order valence-corrected chi connectivity index (χ0v) is 9.20. The van der Waals surface area contributed by atoms with Crippen LogP contribution in [-0.4, -0.2) is 31.1 Å². The molecule has 0 bridgehead atoms. The van der Waals surface area contributed by atoms with Gasteiger partial charge in [-0.3, -0.25) is 9.59 Å². The van der Waals surface area contributed by atoms with E-state index in [1.165, 1.54) is 14.0 Å². The Bertz CT molecular complexity index is 200. The molecule has 2 atom stereocenters. The van der Waals surface area contributed by atoms with Crippen LogP contribution in [0.5, 0.6) is 0 Å². The first-order valence-corrected chi connectivity index (χ1v) is 4.73. The van der Waals surface area contributed by atoms with Gasteiger partial charge in [-0.2, -0.15) is 0 Å². The average Bonchev–Trinajstić information content (AvgIpc) is 2.14. The fraction of sp³-hybridized carbons (Fsp3) is 0.800. The van der Waals surface area contributed by atoms with E-state index in [-0.39, 0.29) is 24.3 Å². The van der Waals surface area contributed by atoms with Crippen molar-refractivity contribution >= 4 is 11.8 Å². The van der Waals surface area contributed by atoms with Gasteiger partial charge in [-0.15, -0.1) is 0 Å². The molecule has 0 aromatic rings. The monoisotopic (exact) mass is 202 g/mol. The number of ether oxygens (including phenoxy) is 2. The summed E-state index contributed by atoms with van der Waals surface area (Å²) in [5.41, 5.74) is 0. The summed E-state index contributed by atoms with van der Waals surface area (Å²) < 4.78 is 10.0. The highest BCUT2D eigenvalue weighted by atomic mass is 16.6. The van der Waals surface area contributed by atoms with Gasteiger partial charge >= 0.3 is 5.97 Å². The fourth-order valence-corrected chi connectivity index (χ4v) is 1.04. The number of rotatable bonds is 6. The van der Waals surface area contributed by atoms with Gasteiger partial charge in [0.1, 0.15) is 11.9 Å². The van der Waals surface area contributed by atoms with E-state index in [9.17, 15) is 9.59 Å². The Labute approximate surface area is 84.6 Å². The van der Waals surface area contributed by atoms with E-state index in [1.54, 1.807) is 13.8 Å². The van der Waals surface area contributed by atoms with Gasteiger partial charge in [-0.1, -0.05) is 6.92 Å². The molecule has 0 radical (unpaired) electrons. The first-order valence-electron chi connectivity index (χ1n) is 4.73. The Morgan fingerprint density at radius 2 is 1.93 bits per heavy atom. The van der Waals surface area contributed by atoms with E-state index in [2.05, 4.69) is 0 Å². The lowest BCUT2D eigenvalue weighted by Crippen LogP contribution is -2.32. The summed E-state index contributed by atoms with van der Waals surface area (Å²) in [7, 11) is 1.53. The molecule has 4 heteroatoms. The van der Waals surface area contributed by atoms with E-state index in [0.29, 0.717) is 6.42 Å². The molecule has 0 amide bonds. The van der Waals surface area contributed by atoms with Crippen molar-refractivity contribution in [3.05, 3.63) is 0 Å². The molecule has 0 aliphatic carbocycles. The van der Waals surface area contributed by atoms with Gasteiger partial charge in [0.25, 0.3) is 0 Å². The second-order valence-corrected chi connectivity index (χ2v) is 3.19. The van der Waals surface area contributed by atoms with Crippen molar-refractivity contribution in [1.29, 1.82) is 0 Å². The molecule has 0 rings (SSSR count). The van der Waals surface area contributed by atoms with Crippen LogP contribution in [0, 0.1) is 0 Å². The molecule has 0 spiro atoms. The Hall–Kier alpha value is -0.900. The van der Waals surface area contributed by atoms with Gasteiger partial charge in [0.2, 0.25) is 0 Å². The summed E-state index contributed by atoms with van der Waals surface area (Å²) in [5.74, 6) is -0.317. The van der Waals surface area contributed by atoms with Gasteiger partial charge in [-0.25, -0.2) is 0 Å². The maximum atomic E-state index is 11.2. The van der Waals surface area contributed by atoms with E-state index in [0.717, 1.165) is 0 Å². The van der Waals surface area contributed by atoms with Crippen molar-refractivity contribution < 1.29 is 19.1 Å². The molecule has 0 aliphatic rings. The van der Waals surface area contributed by atoms with E-state index in [1.807, 2.05) is 0 Å². The predicted molar refractivity (Wildman–Crippen MR) is 51.9 cm³/mol. The highest BCUT2D eigenvalue weighted by Gasteiger charge is 2.22. The van der Waals surface area contributed by atoms with E-state index >= 15 is 0 Å². The molecule has 82 valence electrons. The first kappa shape index (κ1) is 13.1. The minimum Gasteiger partial charge on any atom is -0.459 e. The zero-order chi connectivity index (χ0) is 11.1. The van der Waals surface area contributed by atoms with Crippen LogP contribution in [0.25, 0.3) is 0 Å². The highest BCUT2D eigenvalue weighted by molar-refractivity contribution is 5.79.